The molecule has 1 N–H and O–H groups in total. The number of fused-ring (bicyclic) bond motifs is 1. The van der Waals surface area contributed by atoms with Gasteiger partial charge in [-0.3, -0.25) is 0 Å². The highest BCUT2D eigenvalue weighted by Crippen LogP contribution is 2.19. The Bertz CT molecular complexity index is 516. The van der Waals surface area contributed by atoms with Crippen molar-refractivity contribution in [2.75, 3.05) is 0 Å². The Balaban J connectivity index is 2.23. The Morgan fingerprint density at radius 2 is 2.06 bits per heavy atom. The number of imidazole rings is 1. The number of hydrogen-bond donors (Lipinski definition) is 1. The highest BCUT2D eigenvalue weighted by molar-refractivity contribution is 5.76. The average molecular weight is 246 g/mol. The largest absolute Gasteiger partial charge is 0.388 e. The molecule has 0 amide bonds. The van der Waals surface area contributed by atoms with E-state index in [1.165, 1.54) is 24.8 Å². The number of rotatable bonds is 6. The maximum absolute atomic E-state index is 9.41. The molecule has 1 aromatic carbocycles. The summed E-state index contributed by atoms with van der Waals surface area (Å²) in [7, 11) is 0. The molecule has 0 fully saturated rings. The number of aliphatic hydroxyl groups is 1. The van der Waals surface area contributed by atoms with Gasteiger partial charge in [-0.25, -0.2) is 4.98 Å². The topological polar surface area (TPSA) is 38.0 Å². The van der Waals surface area contributed by atoms with E-state index in [0.717, 1.165) is 29.8 Å². The van der Waals surface area contributed by atoms with Crippen molar-refractivity contribution in [1.82, 2.24) is 9.55 Å². The maximum Gasteiger partial charge on any atom is 0.135 e. The zero-order valence-corrected chi connectivity index (χ0v) is 11.3. The second kappa shape index (κ2) is 6.01. The van der Waals surface area contributed by atoms with Crippen molar-refractivity contribution in [3.63, 3.8) is 0 Å². The van der Waals surface area contributed by atoms with Gasteiger partial charge < -0.3 is 9.67 Å². The van der Waals surface area contributed by atoms with Crippen LogP contribution in [0.5, 0.6) is 0 Å². The zero-order chi connectivity index (χ0) is 13.0. The van der Waals surface area contributed by atoms with Crippen LogP contribution >= 0.6 is 0 Å². The molecule has 3 heteroatoms. The fourth-order valence-electron chi connectivity index (χ4n) is 2.36. The molecule has 18 heavy (non-hydrogen) atoms. The molecule has 0 aliphatic carbocycles. The van der Waals surface area contributed by atoms with Crippen molar-refractivity contribution in [3.8, 4) is 0 Å². The summed E-state index contributed by atoms with van der Waals surface area (Å²) in [5.74, 6) is 0.784. The molecule has 0 atom stereocenters. The molecule has 1 aromatic heterocycles. The molecule has 0 bridgehead atoms. The van der Waals surface area contributed by atoms with Crippen LogP contribution in [0.4, 0.5) is 0 Å². The van der Waals surface area contributed by atoms with E-state index in [-0.39, 0.29) is 6.61 Å². The standard InChI is InChI=1S/C15H22N2O/c1-3-4-5-6-9-17-14-8-7-12(2)10-13(14)16-15(17)11-18/h7-8,10,18H,3-6,9,11H2,1-2H3. The van der Waals surface area contributed by atoms with Gasteiger partial charge in [0.1, 0.15) is 12.4 Å². The lowest BCUT2D eigenvalue weighted by molar-refractivity contribution is 0.265. The lowest BCUT2D eigenvalue weighted by Crippen LogP contribution is -2.04. The Kier molecular flexibility index (Phi) is 4.37. The normalized spacial score (nSPS) is 11.3. The first-order chi connectivity index (χ1) is 8.76. The minimum Gasteiger partial charge on any atom is -0.388 e. The second-order valence-electron chi connectivity index (χ2n) is 4.89. The molecular formula is C15H22N2O. The van der Waals surface area contributed by atoms with Gasteiger partial charge in [0.2, 0.25) is 0 Å². The van der Waals surface area contributed by atoms with Gasteiger partial charge in [0, 0.05) is 6.54 Å². The van der Waals surface area contributed by atoms with Crippen molar-refractivity contribution in [2.24, 2.45) is 0 Å². The van der Waals surface area contributed by atoms with Crippen molar-refractivity contribution in [1.29, 1.82) is 0 Å². The number of nitrogens with zero attached hydrogens (tertiary/aromatic N) is 2. The molecular weight excluding hydrogens is 224 g/mol. The van der Waals surface area contributed by atoms with E-state index in [0.29, 0.717) is 0 Å². The summed E-state index contributed by atoms with van der Waals surface area (Å²) in [6, 6.07) is 6.29. The minimum atomic E-state index is 0.0154. The molecule has 0 saturated heterocycles. The number of benzene rings is 1. The molecule has 98 valence electrons. The zero-order valence-electron chi connectivity index (χ0n) is 11.3. The lowest BCUT2D eigenvalue weighted by Gasteiger charge is -2.07. The predicted molar refractivity (Wildman–Crippen MR) is 74.5 cm³/mol. The van der Waals surface area contributed by atoms with E-state index >= 15 is 0 Å². The number of aliphatic hydroxyl groups excluding tert-OH is 1. The van der Waals surface area contributed by atoms with Crippen LogP contribution in [0, 0.1) is 6.92 Å². The second-order valence-corrected chi connectivity index (χ2v) is 4.89. The van der Waals surface area contributed by atoms with E-state index in [9.17, 15) is 5.11 Å². The van der Waals surface area contributed by atoms with Gasteiger partial charge >= 0.3 is 0 Å². The molecule has 3 nitrogen and oxygen atoms in total. The summed E-state index contributed by atoms with van der Waals surface area (Å²) in [5, 5.41) is 9.41. The van der Waals surface area contributed by atoms with E-state index in [2.05, 4.69) is 41.6 Å². The number of aromatic nitrogens is 2. The maximum atomic E-state index is 9.41. The third kappa shape index (κ3) is 2.72. The van der Waals surface area contributed by atoms with Crippen molar-refractivity contribution >= 4 is 11.0 Å². The van der Waals surface area contributed by atoms with E-state index < -0.39 is 0 Å². The molecule has 0 unspecified atom stereocenters. The molecule has 0 aliphatic heterocycles. The van der Waals surface area contributed by atoms with Gasteiger partial charge in [0.05, 0.1) is 11.0 Å². The van der Waals surface area contributed by atoms with Crippen LogP contribution in [-0.2, 0) is 13.2 Å². The molecule has 0 radical (unpaired) electrons. The van der Waals surface area contributed by atoms with Crippen LogP contribution in [0.2, 0.25) is 0 Å². The smallest absolute Gasteiger partial charge is 0.135 e. The molecule has 0 saturated carbocycles. The Hall–Kier alpha value is -1.35. The Morgan fingerprint density at radius 1 is 1.22 bits per heavy atom. The third-order valence-electron chi connectivity index (χ3n) is 3.36. The van der Waals surface area contributed by atoms with Crippen molar-refractivity contribution in [2.45, 2.75) is 52.7 Å². The monoisotopic (exact) mass is 246 g/mol. The van der Waals surface area contributed by atoms with Crippen LogP contribution in [-0.4, -0.2) is 14.7 Å². The summed E-state index contributed by atoms with van der Waals surface area (Å²) < 4.78 is 2.16. The molecule has 2 aromatic rings. The van der Waals surface area contributed by atoms with Crippen LogP contribution in [0.15, 0.2) is 18.2 Å². The van der Waals surface area contributed by atoms with Gasteiger partial charge in [-0.1, -0.05) is 32.3 Å². The first kappa shape index (κ1) is 13.1. The summed E-state index contributed by atoms with van der Waals surface area (Å²) >= 11 is 0. The molecule has 0 aliphatic rings. The minimum absolute atomic E-state index is 0.0154. The number of aryl methyl sites for hydroxylation is 2. The van der Waals surface area contributed by atoms with Crippen LogP contribution in [0.25, 0.3) is 11.0 Å². The van der Waals surface area contributed by atoms with Gasteiger partial charge in [-0.05, 0) is 31.0 Å². The first-order valence-electron chi connectivity index (χ1n) is 6.83. The summed E-state index contributed by atoms with van der Waals surface area (Å²) in [5.41, 5.74) is 3.35. The van der Waals surface area contributed by atoms with Crippen LogP contribution < -0.4 is 0 Å². The summed E-state index contributed by atoms with van der Waals surface area (Å²) in [4.78, 5) is 4.50. The summed E-state index contributed by atoms with van der Waals surface area (Å²) in [6.07, 6.45) is 4.92. The predicted octanol–water partition coefficient (Wildman–Crippen LogP) is 3.42. The van der Waals surface area contributed by atoms with Gasteiger partial charge in [0.15, 0.2) is 0 Å². The fourth-order valence-corrected chi connectivity index (χ4v) is 2.36. The SMILES string of the molecule is CCCCCCn1c(CO)nc2cc(C)ccc21. The van der Waals surface area contributed by atoms with Crippen molar-refractivity contribution in [3.05, 3.63) is 29.6 Å². The molecule has 0 spiro atoms. The highest BCUT2D eigenvalue weighted by Gasteiger charge is 2.09. The third-order valence-corrected chi connectivity index (χ3v) is 3.36. The molecule has 1 heterocycles. The molecule has 2 rings (SSSR count). The summed E-state index contributed by atoms with van der Waals surface area (Å²) in [6.45, 7) is 5.25. The average Bonchev–Trinajstić information content (AvgIpc) is 2.71. The lowest BCUT2D eigenvalue weighted by atomic mass is 10.2. The van der Waals surface area contributed by atoms with E-state index in [4.69, 9.17) is 0 Å². The van der Waals surface area contributed by atoms with Crippen LogP contribution in [0.3, 0.4) is 0 Å². The van der Waals surface area contributed by atoms with Gasteiger partial charge in [0.25, 0.3) is 0 Å². The highest BCUT2D eigenvalue weighted by atomic mass is 16.3. The van der Waals surface area contributed by atoms with Crippen molar-refractivity contribution < 1.29 is 5.11 Å². The quantitative estimate of drug-likeness (QED) is 0.793. The fraction of sp³-hybridized carbons (Fsp3) is 0.533. The van der Waals surface area contributed by atoms with Gasteiger partial charge in [-0.15, -0.1) is 0 Å². The Labute approximate surface area is 108 Å². The number of hydrogen-bond acceptors (Lipinski definition) is 2. The van der Waals surface area contributed by atoms with E-state index in [1.807, 2.05) is 0 Å². The number of unbranched alkanes of at least 4 members (excludes halogenated alkanes) is 3. The van der Waals surface area contributed by atoms with Crippen LogP contribution in [0.1, 0.15) is 44.0 Å². The first-order valence-corrected chi connectivity index (χ1v) is 6.83. The Morgan fingerprint density at radius 3 is 2.78 bits per heavy atom. The van der Waals surface area contributed by atoms with Gasteiger partial charge in [-0.2, -0.15) is 0 Å². The van der Waals surface area contributed by atoms with E-state index in [1.54, 1.807) is 0 Å².